The van der Waals surface area contributed by atoms with Gasteiger partial charge in [-0.3, -0.25) is 14.4 Å². The highest BCUT2D eigenvalue weighted by molar-refractivity contribution is 6.23. The molecule has 1 rings (SSSR count). The molecule has 0 aromatic heterocycles. The first-order valence-electron chi connectivity index (χ1n) is 4.96. The van der Waals surface area contributed by atoms with Gasteiger partial charge in [0.2, 0.25) is 0 Å². The minimum Gasteiger partial charge on any atom is -0.383 e. The van der Waals surface area contributed by atoms with Crippen LogP contribution in [0, 0.1) is 5.92 Å². The van der Waals surface area contributed by atoms with E-state index >= 15 is 0 Å². The molecule has 15 heavy (non-hydrogen) atoms. The fourth-order valence-electron chi connectivity index (χ4n) is 1.54. The number of allylic oxidation sites excluding steroid dienone is 1. The Balaban J connectivity index is 2.72. The number of Topliss-reactive ketones (excluding diaryl/α,β-unsaturated/α-hetero) is 2. The Kier molecular flexibility index (Phi) is 3.77. The molecule has 82 valence electrons. The molecule has 0 aromatic rings. The lowest BCUT2D eigenvalue weighted by molar-refractivity contribution is -0.140. The van der Waals surface area contributed by atoms with Gasteiger partial charge in [-0.1, -0.05) is 0 Å². The Morgan fingerprint density at radius 1 is 1.27 bits per heavy atom. The van der Waals surface area contributed by atoms with E-state index in [-0.39, 0.29) is 11.6 Å². The van der Waals surface area contributed by atoms with Gasteiger partial charge < -0.3 is 4.90 Å². The molecule has 0 bridgehead atoms. The Hall–Kier alpha value is -1.45. The molecule has 1 aliphatic rings. The third kappa shape index (κ3) is 3.01. The second kappa shape index (κ2) is 4.87. The molecule has 0 aliphatic heterocycles. The molecule has 1 fully saturated rings. The van der Waals surface area contributed by atoms with Crippen molar-refractivity contribution in [2.75, 3.05) is 14.1 Å². The molecule has 0 spiro atoms. The van der Waals surface area contributed by atoms with E-state index in [9.17, 15) is 14.4 Å². The summed E-state index contributed by atoms with van der Waals surface area (Å²) in [4.78, 5) is 36.1. The number of carbonyl (C=O) groups excluding carboxylic acids is 3. The smallest absolute Gasteiger partial charge is 0.175 e. The Bertz CT molecular complexity index is 302. The topological polar surface area (TPSA) is 54.5 Å². The molecule has 4 nitrogen and oxygen atoms in total. The maximum absolute atomic E-state index is 11.6. The van der Waals surface area contributed by atoms with E-state index in [0.29, 0.717) is 19.3 Å². The van der Waals surface area contributed by atoms with Gasteiger partial charge in [-0.2, -0.15) is 0 Å². The van der Waals surface area contributed by atoms with E-state index in [2.05, 4.69) is 0 Å². The van der Waals surface area contributed by atoms with Gasteiger partial charge in [0.15, 0.2) is 17.3 Å². The second-order valence-corrected chi connectivity index (χ2v) is 3.90. The van der Waals surface area contributed by atoms with E-state index in [1.54, 1.807) is 25.2 Å². The van der Waals surface area contributed by atoms with Crippen LogP contribution >= 0.6 is 0 Å². The summed E-state index contributed by atoms with van der Waals surface area (Å²) in [6, 6.07) is 0. The molecule has 1 aliphatic carbocycles. The number of hydrogen-bond acceptors (Lipinski definition) is 4. The monoisotopic (exact) mass is 209 g/mol. The maximum Gasteiger partial charge on any atom is 0.175 e. The van der Waals surface area contributed by atoms with Crippen LogP contribution in [0.3, 0.4) is 0 Å². The summed E-state index contributed by atoms with van der Waals surface area (Å²) in [6.45, 7) is 0. The molecule has 1 saturated carbocycles. The van der Waals surface area contributed by atoms with Crippen molar-refractivity contribution in [1.29, 1.82) is 0 Å². The molecule has 0 aromatic carbocycles. The van der Waals surface area contributed by atoms with Crippen molar-refractivity contribution in [2.24, 2.45) is 5.92 Å². The molecular weight excluding hydrogens is 194 g/mol. The van der Waals surface area contributed by atoms with Gasteiger partial charge in [0.05, 0.1) is 0 Å². The predicted octanol–water partition coefficient (Wildman–Crippen LogP) is 0.569. The SMILES string of the molecule is CN(C)/C=C/C(=O)C1C(=O)CCCC1=O. The molecule has 0 heterocycles. The van der Waals surface area contributed by atoms with Crippen molar-refractivity contribution in [1.82, 2.24) is 4.90 Å². The van der Waals surface area contributed by atoms with E-state index in [1.807, 2.05) is 0 Å². The van der Waals surface area contributed by atoms with Crippen molar-refractivity contribution in [2.45, 2.75) is 19.3 Å². The lowest BCUT2D eigenvalue weighted by Gasteiger charge is -2.16. The Morgan fingerprint density at radius 2 is 1.80 bits per heavy atom. The van der Waals surface area contributed by atoms with Crippen molar-refractivity contribution >= 4 is 17.3 Å². The molecule has 0 saturated heterocycles. The highest BCUT2D eigenvalue weighted by atomic mass is 16.2. The third-order valence-electron chi connectivity index (χ3n) is 2.31. The van der Waals surface area contributed by atoms with Crippen molar-refractivity contribution in [3.05, 3.63) is 12.3 Å². The highest BCUT2D eigenvalue weighted by Gasteiger charge is 2.34. The standard InChI is InChI=1S/C11H15NO3/c1-12(2)7-6-10(15)11-8(13)4-3-5-9(11)14/h6-7,11H,3-5H2,1-2H3/b7-6+. The average Bonchev–Trinajstić information content (AvgIpc) is 2.14. The van der Waals surface area contributed by atoms with Crippen molar-refractivity contribution < 1.29 is 14.4 Å². The number of ketones is 3. The molecule has 0 radical (unpaired) electrons. The normalized spacial score (nSPS) is 18.5. The van der Waals surface area contributed by atoms with Crippen LogP contribution in [0.1, 0.15) is 19.3 Å². The zero-order valence-electron chi connectivity index (χ0n) is 9.03. The summed E-state index contributed by atoms with van der Waals surface area (Å²) < 4.78 is 0. The summed E-state index contributed by atoms with van der Waals surface area (Å²) in [5, 5.41) is 0. The van der Waals surface area contributed by atoms with Crippen LogP contribution in [-0.4, -0.2) is 36.3 Å². The molecule has 0 N–H and O–H groups in total. The predicted molar refractivity (Wildman–Crippen MR) is 55.2 cm³/mol. The molecule has 0 unspecified atom stereocenters. The summed E-state index contributed by atoms with van der Waals surface area (Å²) >= 11 is 0. The molecule has 0 amide bonds. The van der Waals surface area contributed by atoms with E-state index in [0.717, 1.165) is 0 Å². The summed E-state index contributed by atoms with van der Waals surface area (Å²) in [5.41, 5.74) is 0. The van der Waals surface area contributed by atoms with Gasteiger partial charge in [-0.25, -0.2) is 0 Å². The van der Waals surface area contributed by atoms with Crippen LogP contribution in [-0.2, 0) is 14.4 Å². The average molecular weight is 209 g/mol. The lowest BCUT2D eigenvalue weighted by Crippen LogP contribution is -2.34. The van der Waals surface area contributed by atoms with Crippen LogP contribution < -0.4 is 0 Å². The van der Waals surface area contributed by atoms with Crippen LogP contribution in [0.4, 0.5) is 0 Å². The van der Waals surface area contributed by atoms with Gasteiger partial charge in [0.25, 0.3) is 0 Å². The van der Waals surface area contributed by atoms with Gasteiger partial charge in [0, 0.05) is 33.1 Å². The first-order chi connectivity index (χ1) is 7.02. The largest absolute Gasteiger partial charge is 0.383 e. The van der Waals surface area contributed by atoms with Crippen molar-refractivity contribution in [3.63, 3.8) is 0 Å². The van der Waals surface area contributed by atoms with Gasteiger partial charge >= 0.3 is 0 Å². The number of nitrogens with zero attached hydrogens (tertiary/aromatic N) is 1. The summed E-state index contributed by atoms with van der Waals surface area (Å²) in [7, 11) is 3.54. The summed E-state index contributed by atoms with van der Waals surface area (Å²) in [5.74, 6) is -1.90. The highest BCUT2D eigenvalue weighted by Crippen LogP contribution is 2.18. The van der Waals surface area contributed by atoms with Gasteiger partial charge in [-0.05, 0) is 12.5 Å². The number of hydrogen-bond donors (Lipinski definition) is 0. The molecule has 0 atom stereocenters. The first kappa shape index (κ1) is 11.6. The van der Waals surface area contributed by atoms with E-state index in [4.69, 9.17) is 0 Å². The van der Waals surface area contributed by atoms with Gasteiger partial charge in [-0.15, -0.1) is 0 Å². The van der Waals surface area contributed by atoms with E-state index < -0.39 is 11.7 Å². The minimum absolute atomic E-state index is 0.236. The van der Waals surface area contributed by atoms with Crippen LogP contribution in [0.5, 0.6) is 0 Å². The molecular formula is C11H15NO3. The zero-order valence-corrected chi connectivity index (χ0v) is 9.03. The maximum atomic E-state index is 11.6. The Morgan fingerprint density at radius 3 is 2.27 bits per heavy atom. The van der Waals surface area contributed by atoms with E-state index in [1.165, 1.54) is 6.08 Å². The van der Waals surface area contributed by atoms with Crippen molar-refractivity contribution in [3.8, 4) is 0 Å². The zero-order chi connectivity index (χ0) is 11.4. The summed E-state index contributed by atoms with van der Waals surface area (Å²) in [6.07, 6.45) is 4.12. The quantitative estimate of drug-likeness (QED) is 0.503. The molecule has 4 heteroatoms. The minimum atomic E-state index is -1.03. The first-order valence-corrected chi connectivity index (χ1v) is 4.96. The van der Waals surface area contributed by atoms with Gasteiger partial charge in [0.1, 0.15) is 5.92 Å². The van der Waals surface area contributed by atoms with Crippen LogP contribution in [0.2, 0.25) is 0 Å². The fraction of sp³-hybridized carbons (Fsp3) is 0.545. The second-order valence-electron chi connectivity index (χ2n) is 3.90. The van der Waals surface area contributed by atoms with Crippen LogP contribution in [0.25, 0.3) is 0 Å². The fourth-order valence-corrected chi connectivity index (χ4v) is 1.54. The number of carbonyl (C=O) groups is 3. The lowest BCUT2D eigenvalue weighted by atomic mass is 9.84. The Labute approximate surface area is 88.9 Å². The van der Waals surface area contributed by atoms with Crippen LogP contribution in [0.15, 0.2) is 12.3 Å². The number of rotatable bonds is 3. The third-order valence-corrected chi connectivity index (χ3v) is 2.31.